The predicted octanol–water partition coefficient (Wildman–Crippen LogP) is 2.83. The average Bonchev–Trinajstić information content (AvgIpc) is 2.66. The van der Waals surface area contributed by atoms with E-state index in [0.717, 1.165) is 71.0 Å². The van der Waals surface area contributed by atoms with Crippen LogP contribution in [0, 0.1) is 11.8 Å². The fourth-order valence-electron chi connectivity index (χ4n) is 4.97. The van der Waals surface area contributed by atoms with Gasteiger partial charge < -0.3 is 14.5 Å². The second-order valence-electron chi connectivity index (χ2n) is 8.09. The third-order valence-corrected chi connectivity index (χ3v) is 6.56. The first-order valence-electron chi connectivity index (χ1n) is 10.2. The van der Waals surface area contributed by atoms with Crippen molar-refractivity contribution in [1.29, 1.82) is 0 Å². The maximum absolute atomic E-state index is 12.9. The molecule has 0 radical (unpaired) electrons. The molecule has 1 aliphatic carbocycles. The number of piperidine rings is 2. The lowest BCUT2D eigenvalue weighted by atomic mass is 9.81. The molecule has 5 nitrogen and oxygen atoms in total. The molecular weight excluding hydrogens is 316 g/mol. The van der Waals surface area contributed by atoms with Crippen molar-refractivity contribution in [3.8, 4) is 0 Å². The molecular formula is C20H34N2O3. The molecule has 25 heavy (non-hydrogen) atoms. The summed E-state index contributed by atoms with van der Waals surface area (Å²) in [5, 5.41) is 0. The van der Waals surface area contributed by atoms with E-state index in [1.54, 1.807) is 7.11 Å². The monoisotopic (exact) mass is 350 g/mol. The van der Waals surface area contributed by atoms with E-state index in [2.05, 4.69) is 16.7 Å². The van der Waals surface area contributed by atoms with Crippen molar-refractivity contribution in [3.63, 3.8) is 0 Å². The molecule has 2 amide bonds. The highest BCUT2D eigenvalue weighted by molar-refractivity contribution is 5.80. The van der Waals surface area contributed by atoms with Crippen molar-refractivity contribution in [2.75, 3.05) is 26.7 Å². The summed E-state index contributed by atoms with van der Waals surface area (Å²) in [6.45, 7) is 4.74. The summed E-state index contributed by atoms with van der Waals surface area (Å²) in [5.41, 5.74) is 0. The van der Waals surface area contributed by atoms with Crippen LogP contribution in [-0.4, -0.2) is 60.5 Å². The number of likely N-dealkylation sites (tertiary alicyclic amines) is 2. The topological polar surface area (TPSA) is 49.9 Å². The largest absolute Gasteiger partial charge is 0.381 e. The maximum atomic E-state index is 12.9. The highest BCUT2D eigenvalue weighted by Gasteiger charge is 2.41. The lowest BCUT2D eigenvalue weighted by Crippen LogP contribution is -2.57. The average molecular weight is 351 g/mol. The second-order valence-corrected chi connectivity index (χ2v) is 8.09. The van der Waals surface area contributed by atoms with Gasteiger partial charge in [0.15, 0.2) is 0 Å². The minimum Gasteiger partial charge on any atom is -0.381 e. The Morgan fingerprint density at radius 3 is 2.60 bits per heavy atom. The Balaban J connectivity index is 1.56. The van der Waals surface area contributed by atoms with Gasteiger partial charge in [-0.25, -0.2) is 0 Å². The van der Waals surface area contributed by atoms with E-state index >= 15 is 0 Å². The minimum atomic E-state index is 0.185. The van der Waals surface area contributed by atoms with E-state index in [1.807, 2.05) is 0 Å². The number of carbonyl (C=O) groups excluding carboxylic acids is 2. The number of carbonyl (C=O) groups is 2. The maximum Gasteiger partial charge on any atom is 0.225 e. The zero-order chi connectivity index (χ0) is 17.8. The Labute approximate surface area is 152 Å². The summed E-state index contributed by atoms with van der Waals surface area (Å²) < 4.78 is 5.43. The smallest absolute Gasteiger partial charge is 0.225 e. The van der Waals surface area contributed by atoms with Crippen LogP contribution in [0.3, 0.4) is 0 Å². The summed E-state index contributed by atoms with van der Waals surface area (Å²) >= 11 is 0. The van der Waals surface area contributed by atoms with Crippen LogP contribution in [0.2, 0.25) is 0 Å². The molecule has 2 aliphatic heterocycles. The normalized spacial score (nSPS) is 33.3. The molecule has 0 bridgehead atoms. The minimum absolute atomic E-state index is 0.185. The van der Waals surface area contributed by atoms with E-state index < -0.39 is 0 Å². The first-order valence-corrected chi connectivity index (χ1v) is 10.2. The molecule has 0 unspecified atom stereocenters. The third-order valence-electron chi connectivity index (χ3n) is 6.56. The van der Waals surface area contributed by atoms with Gasteiger partial charge in [0.2, 0.25) is 11.8 Å². The van der Waals surface area contributed by atoms with Gasteiger partial charge in [-0.15, -0.1) is 0 Å². The van der Waals surface area contributed by atoms with Crippen molar-refractivity contribution < 1.29 is 14.3 Å². The summed E-state index contributed by atoms with van der Waals surface area (Å²) in [7, 11) is 1.77. The molecule has 3 aliphatic rings. The molecule has 0 aromatic heterocycles. The second kappa shape index (κ2) is 8.52. The van der Waals surface area contributed by atoms with E-state index in [4.69, 9.17) is 4.74 Å². The van der Waals surface area contributed by atoms with E-state index in [0.29, 0.717) is 36.3 Å². The van der Waals surface area contributed by atoms with Crippen LogP contribution >= 0.6 is 0 Å². The number of unbranched alkanes of at least 4 members (excludes halogenated alkanes) is 1. The number of fused-ring (bicyclic) bond motifs is 1. The zero-order valence-corrected chi connectivity index (χ0v) is 15.9. The third kappa shape index (κ3) is 4.18. The zero-order valence-electron chi connectivity index (χ0n) is 15.9. The number of nitrogens with zero attached hydrogens (tertiary/aromatic N) is 2. The molecule has 0 N–H and O–H groups in total. The molecule has 3 rings (SSSR count). The van der Waals surface area contributed by atoms with Crippen molar-refractivity contribution >= 4 is 11.8 Å². The fraction of sp³-hybridized carbons (Fsp3) is 0.900. The van der Waals surface area contributed by atoms with Gasteiger partial charge in [0.25, 0.3) is 0 Å². The number of rotatable bonds is 5. The standard InChI is InChI=1S/C20H34N2O3/c1-3-4-12-22-18-11-13-21(14-16(18)7-10-19(22)23)20(24)15-5-8-17(25-2)9-6-15/h15-18H,3-14H2,1-2H3/t15?,16-,17?,18+/m0/s1. The van der Waals surface area contributed by atoms with Crippen molar-refractivity contribution in [1.82, 2.24) is 9.80 Å². The van der Waals surface area contributed by atoms with Gasteiger partial charge in [-0.2, -0.15) is 0 Å². The molecule has 2 atom stereocenters. The van der Waals surface area contributed by atoms with Gasteiger partial charge in [-0.3, -0.25) is 9.59 Å². The lowest BCUT2D eigenvalue weighted by molar-refractivity contribution is -0.146. The summed E-state index contributed by atoms with van der Waals surface area (Å²) in [6.07, 6.45) is 9.05. The fourth-order valence-corrected chi connectivity index (χ4v) is 4.97. The van der Waals surface area contributed by atoms with Crippen LogP contribution in [-0.2, 0) is 14.3 Å². The number of ether oxygens (including phenoxy) is 1. The first kappa shape index (κ1) is 18.7. The predicted molar refractivity (Wildman–Crippen MR) is 97.1 cm³/mol. The SMILES string of the molecule is CCCCN1C(=O)CC[C@H]2CN(C(=O)C3CCC(OC)CC3)CC[C@H]21. The lowest BCUT2D eigenvalue weighted by Gasteiger charge is -2.48. The Bertz CT molecular complexity index is 474. The molecule has 3 fully saturated rings. The van der Waals surface area contributed by atoms with Crippen molar-refractivity contribution in [3.05, 3.63) is 0 Å². The van der Waals surface area contributed by atoms with Gasteiger partial charge in [-0.1, -0.05) is 13.3 Å². The number of methoxy groups -OCH3 is 1. The summed E-state index contributed by atoms with van der Waals surface area (Å²) in [6, 6.07) is 0.362. The van der Waals surface area contributed by atoms with Gasteiger partial charge in [0, 0.05) is 45.1 Å². The van der Waals surface area contributed by atoms with E-state index in [1.165, 1.54) is 0 Å². The van der Waals surface area contributed by atoms with E-state index in [9.17, 15) is 9.59 Å². The van der Waals surface area contributed by atoms with Gasteiger partial charge in [0.1, 0.15) is 0 Å². The van der Waals surface area contributed by atoms with Crippen LogP contribution in [0.1, 0.15) is 64.7 Å². The van der Waals surface area contributed by atoms with Gasteiger partial charge in [0.05, 0.1) is 6.10 Å². The molecule has 1 saturated carbocycles. The first-order chi connectivity index (χ1) is 12.1. The number of hydrogen-bond donors (Lipinski definition) is 0. The molecule has 0 aromatic rings. The van der Waals surface area contributed by atoms with E-state index in [-0.39, 0.29) is 5.92 Å². The summed E-state index contributed by atoms with van der Waals surface area (Å²) in [4.78, 5) is 29.5. The molecule has 142 valence electrons. The Morgan fingerprint density at radius 1 is 1.16 bits per heavy atom. The Hall–Kier alpha value is -1.10. The van der Waals surface area contributed by atoms with Crippen LogP contribution in [0.25, 0.3) is 0 Å². The Morgan fingerprint density at radius 2 is 1.92 bits per heavy atom. The van der Waals surface area contributed by atoms with Crippen LogP contribution in [0.15, 0.2) is 0 Å². The van der Waals surface area contributed by atoms with Crippen LogP contribution in [0.5, 0.6) is 0 Å². The number of hydrogen-bond acceptors (Lipinski definition) is 3. The quantitative estimate of drug-likeness (QED) is 0.766. The molecule has 2 heterocycles. The molecule has 0 aromatic carbocycles. The van der Waals surface area contributed by atoms with Crippen LogP contribution < -0.4 is 0 Å². The molecule has 0 spiro atoms. The van der Waals surface area contributed by atoms with Crippen molar-refractivity contribution in [2.45, 2.75) is 76.9 Å². The molecule has 2 saturated heterocycles. The molecule has 5 heteroatoms. The highest BCUT2D eigenvalue weighted by atomic mass is 16.5. The Kier molecular flexibility index (Phi) is 6.37. The van der Waals surface area contributed by atoms with Gasteiger partial charge >= 0.3 is 0 Å². The highest BCUT2D eigenvalue weighted by Crippen LogP contribution is 2.34. The van der Waals surface area contributed by atoms with Crippen LogP contribution in [0.4, 0.5) is 0 Å². The van der Waals surface area contributed by atoms with Crippen molar-refractivity contribution in [2.24, 2.45) is 11.8 Å². The number of amides is 2. The van der Waals surface area contributed by atoms with Gasteiger partial charge in [-0.05, 0) is 50.9 Å². The summed E-state index contributed by atoms with van der Waals surface area (Å²) in [5.74, 6) is 1.34.